The van der Waals surface area contributed by atoms with Gasteiger partial charge in [-0.3, -0.25) is 9.59 Å². The number of ketones is 1. The largest absolute Gasteiger partial charge is 0.487 e. The molecule has 5 heteroatoms. The van der Waals surface area contributed by atoms with Gasteiger partial charge < -0.3 is 15.4 Å². The smallest absolute Gasteiger partial charge is 0.251 e. The second-order valence-electron chi connectivity index (χ2n) is 9.64. The first-order chi connectivity index (χ1) is 11.9. The molecule has 0 radical (unpaired) electrons. The highest BCUT2D eigenvalue weighted by Gasteiger charge is 2.38. The van der Waals surface area contributed by atoms with Gasteiger partial charge in [-0.1, -0.05) is 0 Å². The number of rotatable bonds is 2. The summed E-state index contributed by atoms with van der Waals surface area (Å²) >= 11 is 0. The van der Waals surface area contributed by atoms with Crippen LogP contribution < -0.4 is 15.4 Å². The average molecular weight is 358 g/mol. The van der Waals surface area contributed by atoms with Crippen molar-refractivity contribution in [3.8, 4) is 5.75 Å². The minimum Gasteiger partial charge on any atom is -0.487 e. The van der Waals surface area contributed by atoms with Gasteiger partial charge in [-0.05, 0) is 72.6 Å². The molecule has 1 fully saturated rings. The predicted molar refractivity (Wildman–Crippen MR) is 102 cm³/mol. The first-order valence-corrected chi connectivity index (χ1v) is 9.32. The van der Waals surface area contributed by atoms with Crippen LogP contribution in [0.2, 0.25) is 0 Å². The molecule has 1 aromatic rings. The third kappa shape index (κ3) is 4.09. The van der Waals surface area contributed by atoms with Crippen molar-refractivity contribution in [2.45, 2.75) is 83.5 Å². The molecular formula is C21H30N2O3. The standard InChI is InChI=1S/C21H30N2O3/c1-19(2)10-14(11-20(3,4)23-19)22-18(25)13-7-8-17-15(9-13)16(24)12-21(5,6)26-17/h7-9,14,23H,10-12H2,1-6H3,(H,22,25). The van der Waals surface area contributed by atoms with Crippen LogP contribution >= 0.6 is 0 Å². The Morgan fingerprint density at radius 3 is 2.35 bits per heavy atom. The number of fused-ring (bicyclic) bond motifs is 1. The zero-order valence-electron chi connectivity index (χ0n) is 16.7. The topological polar surface area (TPSA) is 67.4 Å². The minimum atomic E-state index is -0.500. The lowest BCUT2D eigenvalue weighted by molar-refractivity contribution is 0.0620. The van der Waals surface area contributed by atoms with Crippen molar-refractivity contribution in [3.05, 3.63) is 29.3 Å². The van der Waals surface area contributed by atoms with Gasteiger partial charge in [-0.2, -0.15) is 0 Å². The van der Waals surface area contributed by atoms with E-state index >= 15 is 0 Å². The van der Waals surface area contributed by atoms with Crippen molar-refractivity contribution in [2.75, 3.05) is 0 Å². The number of hydrogen-bond acceptors (Lipinski definition) is 4. The first-order valence-electron chi connectivity index (χ1n) is 9.32. The van der Waals surface area contributed by atoms with E-state index in [0.29, 0.717) is 23.3 Å². The number of carbonyl (C=O) groups excluding carboxylic acids is 2. The lowest BCUT2D eigenvalue weighted by atomic mass is 9.79. The molecule has 2 heterocycles. The summed E-state index contributed by atoms with van der Waals surface area (Å²) in [6.45, 7) is 12.4. The summed E-state index contributed by atoms with van der Waals surface area (Å²) in [7, 11) is 0. The molecule has 1 aromatic carbocycles. The van der Waals surface area contributed by atoms with E-state index in [2.05, 4.69) is 38.3 Å². The molecular weight excluding hydrogens is 328 g/mol. The van der Waals surface area contributed by atoms with Crippen molar-refractivity contribution in [3.63, 3.8) is 0 Å². The maximum Gasteiger partial charge on any atom is 0.251 e. The second kappa shape index (κ2) is 6.08. The molecule has 0 bridgehead atoms. The Morgan fingerprint density at radius 1 is 1.12 bits per heavy atom. The Balaban J connectivity index is 1.77. The number of ether oxygens (including phenoxy) is 1. The normalized spacial score (nSPS) is 23.7. The van der Waals surface area contributed by atoms with E-state index in [1.54, 1.807) is 18.2 Å². The van der Waals surface area contributed by atoms with Gasteiger partial charge in [0.15, 0.2) is 5.78 Å². The fourth-order valence-electron chi connectivity index (χ4n) is 4.49. The fourth-order valence-corrected chi connectivity index (χ4v) is 4.49. The molecule has 5 nitrogen and oxygen atoms in total. The summed E-state index contributed by atoms with van der Waals surface area (Å²) in [5.74, 6) is 0.450. The second-order valence-corrected chi connectivity index (χ2v) is 9.64. The van der Waals surface area contributed by atoms with Crippen LogP contribution in [0.15, 0.2) is 18.2 Å². The molecule has 26 heavy (non-hydrogen) atoms. The molecule has 0 saturated carbocycles. The minimum absolute atomic E-state index is 0.0232. The summed E-state index contributed by atoms with van der Waals surface area (Å²) in [5.41, 5.74) is 0.438. The fraction of sp³-hybridized carbons (Fsp3) is 0.619. The van der Waals surface area contributed by atoms with Gasteiger partial charge in [-0.25, -0.2) is 0 Å². The highest BCUT2D eigenvalue weighted by Crippen LogP contribution is 2.34. The van der Waals surface area contributed by atoms with Gasteiger partial charge in [0, 0.05) is 22.7 Å². The van der Waals surface area contributed by atoms with E-state index in [1.807, 2.05) is 13.8 Å². The lowest BCUT2D eigenvalue weighted by Gasteiger charge is -2.46. The van der Waals surface area contributed by atoms with E-state index in [-0.39, 0.29) is 28.8 Å². The molecule has 3 rings (SSSR count). The average Bonchev–Trinajstić information content (AvgIpc) is 2.42. The summed E-state index contributed by atoms with van der Waals surface area (Å²) in [6, 6.07) is 5.23. The first kappa shape index (κ1) is 18.9. The van der Waals surface area contributed by atoms with Crippen molar-refractivity contribution >= 4 is 11.7 Å². The van der Waals surface area contributed by atoms with Gasteiger partial charge in [0.1, 0.15) is 11.4 Å². The monoisotopic (exact) mass is 358 g/mol. The van der Waals surface area contributed by atoms with Crippen LogP contribution in [0.3, 0.4) is 0 Å². The summed E-state index contributed by atoms with van der Waals surface area (Å²) < 4.78 is 5.87. The van der Waals surface area contributed by atoms with E-state index in [1.165, 1.54) is 0 Å². The number of carbonyl (C=O) groups is 2. The number of piperidine rings is 1. The highest BCUT2D eigenvalue weighted by molar-refractivity contribution is 6.03. The van der Waals surface area contributed by atoms with E-state index < -0.39 is 5.60 Å². The number of hydrogen-bond donors (Lipinski definition) is 2. The van der Waals surface area contributed by atoms with Crippen molar-refractivity contribution in [2.24, 2.45) is 0 Å². The Morgan fingerprint density at radius 2 is 1.73 bits per heavy atom. The maximum absolute atomic E-state index is 12.8. The molecule has 142 valence electrons. The Hall–Kier alpha value is -1.88. The quantitative estimate of drug-likeness (QED) is 0.849. The molecule has 0 atom stereocenters. The molecule has 2 aliphatic rings. The third-order valence-corrected chi connectivity index (χ3v) is 5.04. The molecule has 1 saturated heterocycles. The molecule has 1 amide bonds. The van der Waals surface area contributed by atoms with E-state index in [0.717, 1.165) is 12.8 Å². The van der Waals surface area contributed by atoms with E-state index in [4.69, 9.17) is 4.74 Å². The van der Waals surface area contributed by atoms with Gasteiger partial charge in [0.2, 0.25) is 0 Å². The Kier molecular flexibility index (Phi) is 4.42. The number of amides is 1. The summed E-state index contributed by atoms with van der Waals surface area (Å²) in [6.07, 6.45) is 2.05. The van der Waals surface area contributed by atoms with E-state index in [9.17, 15) is 9.59 Å². The Bertz CT molecular complexity index is 734. The number of benzene rings is 1. The molecule has 0 aliphatic carbocycles. The Labute approximate surface area is 155 Å². The van der Waals surface area contributed by atoms with Gasteiger partial charge in [0.05, 0.1) is 12.0 Å². The predicted octanol–water partition coefficient (Wildman–Crippen LogP) is 3.47. The van der Waals surface area contributed by atoms with Crippen LogP contribution in [0.4, 0.5) is 0 Å². The molecule has 2 aliphatic heterocycles. The zero-order valence-corrected chi connectivity index (χ0v) is 16.7. The van der Waals surface area contributed by atoms with Crippen LogP contribution in [0.1, 0.15) is 81.5 Å². The maximum atomic E-state index is 12.8. The SMILES string of the molecule is CC1(C)CC(NC(=O)c2ccc3c(c2)C(=O)CC(C)(C)O3)CC(C)(C)N1. The van der Waals surface area contributed by atoms with Crippen molar-refractivity contribution in [1.29, 1.82) is 0 Å². The summed E-state index contributed by atoms with van der Waals surface area (Å²) in [4.78, 5) is 25.2. The number of Topliss-reactive ketones (excluding diaryl/α,β-unsaturated/α-hetero) is 1. The van der Waals surface area contributed by atoms with Crippen molar-refractivity contribution < 1.29 is 14.3 Å². The molecule has 0 aromatic heterocycles. The van der Waals surface area contributed by atoms with Crippen LogP contribution in [-0.2, 0) is 0 Å². The van der Waals surface area contributed by atoms with Crippen molar-refractivity contribution in [1.82, 2.24) is 10.6 Å². The van der Waals surface area contributed by atoms with Crippen LogP contribution in [0.25, 0.3) is 0 Å². The molecule has 0 unspecified atom stereocenters. The highest BCUT2D eigenvalue weighted by atomic mass is 16.5. The molecule has 2 N–H and O–H groups in total. The summed E-state index contributed by atoms with van der Waals surface area (Å²) in [5, 5.41) is 6.77. The van der Waals surface area contributed by atoms with Crippen LogP contribution in [0.5, 0.6) is 5.75 Å². The van der Waals surface area contributed by atoms with Crippen LogP contribution in [0, 0.1) is 0 Å². The zero-order chi connectivity index (χ0) is 19.3. The van der Waals surface area contributed by atoms with Crippen LogP contribution in [-0.4, -0.2) is 34.4 Å². The van der Waals surface area contributed by atoms with Gasteiger partial charge >= 0.3 is 0 Å². The number of nitrogens with one attached hydrogen (secondary N) is 2. The van der Waals surface area contributed by atoms with Gasteiger partial charge in [0.25, 0.3) is 5.91 Å². The third-order valence-electron chi connectivity index (χ3n) is 5.04. The lowest BCUT2D eigenvalue weighted by Crippen LogP contribution is -2.62. The van der Waals surface area contributed by atoms with Gasteiger partial charge in [-0.15, -0.1) is 0 Å². The molecule has 0 spiro atoms.